The van der Waals surface area contributed by atoms with E-state index in [1.807, 2.05) is 24.3 Å². The first-order valence-corrected chi connectivity index (χ1v) is 8.72. The molecule has 0 fully saturated rings. The van der Waals surface area contributed by atoms with Crippen molar-refractivity contribution in [1.82, 2.24) is 0 Å². The molecule has 2 aromatic carbocycles. The van der Waals surface area contributed by atoms with E-state index in [2.05, 4.69) is 12.1 Å². The van der Waals surface area contributed by atoms with Crippen LogP contribution in [-0.4, -0.2) is 17.3 Å². The average Bonchev–Trinajstić information content (AvgIpc) is 2.48. The van der Waals surface area contributed by atoms with Crippen molar-refractivity contribution in [1.29, 1.82) is 0 Å². The van der Waals surface area contributed by atoms with Crippen LogP contribution >= 0.6 is 35.0 Å². The van der Waals surface area contributed by atoms with Crippen LogP contribution in [0.1, 0.15) is 18.1 Å². The van der Waals surface area contributed by atoms with E-state index in [0.717, 1.165) is 21.8 Å². The fourth-order valence-corrected chi connectivity index (χ4v) is 3.47. The molecule has 0 amide bonds. The lowest BCUT2D eigenvalue weighted by atomic mass is 9.97. The van der Waals surface area contributed by atoms with E-state index in [4.69, 9.17) is 28.9 Å². The van der Waals surface area contributed by atoms with Gasteiger partial charge in [0.25, 0.3) is 0 Å². The van der Waals surface area contributed by atoms with Crippen LogP contribution in [0.25, 0.3) is 0 Å². The molecule has 1 atom stereocenters. The molecule has 0 aliphatic rings. The summed E-state index contributed by atoms with van der Waals surface area (Å²) in [5.74, 6) is 0.788. The van der Waals surface area contributed by atoms with Crippen molar-refractivity contribution >= 4 is 35.0 Å². The molecule has 0 heterocycles. The molecular formula is C17H19Cl2NOS. The predicted molar refractivity (Wildman–Crippen MR) is 95.8 cm³/mol. The van der Waals surface area contributed by atoms with Crippen molar-refractivity contribution < 1.29 is 5.11 Å². The Morgan fingerprint density at radius 3 is 2.41 bits per heavy atom. The summed E-state index contributed by atoms with van der Waals surface area (Å²) in [5, 5.41) is 11.3. The highest BCUT2D eigenvalue weighted by atomic mass is 35.5. The molecule has 1 unspecified atom stereocenters. The number of benzene rings is 2. The third-order valence-electron chi connectivity index (χ3n) is 3.36. The minimum absolute atomic E-state index is 0.249. The number of halogens is 2. The van der Waals surface area contributed by atoms with Crippen molar-refractivity contribution in [2.75, 3.05) is 6.54 Å². The van der Waals surface area contributed by atoms with Gasteiger partial charge in [0.1, 0.15) is 0 Å². The molecule has 0 bridgehead atoms. The second-order valence-electron chi connectivity index (χ2n) is 5.55. The van der Waals surface area contributed by atoms with Crippen LogP contribution in [0, 0.1) is 0 Å². The topological polar surface area (TPSA) is 46.2 Å². The Balaban J connectivity index is 1.97. The Hall–Kier alpha value is -0.710. The van der Waals surface area contributed by atoms with Gasteiger partial charge < -0.3 is 10.8 Å². The second-order valence-corrected chi connectivity index (χ2v) is 7.44. The van der Waals surface area contributed by atoms with Gasteiger partial charge in [0.05, 0.1) is 5.60 Å². The van der Waals surface area contributed by atoms with Crippen molar-refractivity contribution in [3.8, 4) is 0 Å². The summed E-state index contributed by atoms with van der Waals surface area (Å²) >= 11 is 13.8. The van der Waals surface area contributed by atoms with Crippen LogP contribution < -0.4 is 5.73 Å². The maximum absolute atomic E-state index is 10.00. The molecular weight excluding hydrogens is 337 g/mol. The number of nitrogens with two attached hydrogens (primary N) is 1. The first-order chi connectivity index (χ1) is 10.4. The summed E-state index contributed by atoms with van der Waals surface area (Å²) in [6.45, 7) is 2.00. The number of hydrogen-bond donors (Lipinski definition) is 2. The third-order valence-corrected chi connectivity index (χ3v) is 5.01. The van der Waals surface area contributed by atoms with Crippen molar-refractivity contribution in [2.24, 2.45) is 5.73 Å². The van der Waals surface area contributed by atoms with Crippen LogP contribution in [0.4, 0.5) is 0 Å². The Kier molecular flexibility index (Phi) is 6.18. The fourth-order valence-electron chi connectivity index (χ4n) is 2.02. The van der Waals surface area contributed by atoms with Gasteiger partial charge in [-0.2, -0.15) is 0 Å². The molecule has 0 saturated heterocycles. The van der Waals surface area contributed by atoms with E-state index in [9.17, 15) is 5.11 Å². The number of aliphatic hydroxyl groups is 1. The predicted octanol–water partition coefficient (Wildman–Crippen LogP) is 4.54. The zero-order chi connectivity index (χ0) is 16.2. The third kappa shape index (κ3) is 5.18. The minimum atomic E-state index is -0.856. The lowest BCUT2D eigenvalue weighted by Gasteiger charge is -2.20. The highest BCUT2D eigenvalue weighted by molar-refractivity contribution is 7.98. The Morgan fingerprint density at radius 2 is 1.82 bits per heavy atom. The monoisotopic (exact) mass is 355 g/mol. The van der Waals surface area contributed by atoms with Gasteiger partial charge in [-0.3, -0.25) is 0 Å². The molecule has 2 rings (SSSR count). The largest absolute Gasteiger partial charge is 0.389 e. The molecule has 118 valence electrons. The lowest BCUT2D eigenvalue weighted by Crippen LogP contribution is -2.36. The Morgan fingerprint density at radius 1 is 1.14 bits per heavy atom. The van der Waals surface area contributed by atoms with Crippen molar-refractivity contribution in [3.63, 3.8) is 0 Å². The van der Waals surface area contributed by atoms with E-state index in [1.54, 1.807) is 24.8 Å². The van der Waals surface area contributed by atoms with Crippen LogP contribution in [0.15, 0.2) is 47.4 Å². The normalized spacial score (nSPS) is 13.9. The maximum atomic E-state index is 10.00. The molecule has 0 spiro atoms. The minimum Gasteiger partial charge on any atom is -0.389 e. The molecule has 0 aliphatic carbocycles. The molecule has 5 heteroatoms. The van der Waals surface area contributed by atoms with Gasteiger partial charge in [-0.15, -0.1) is 11.8 Å². The van der Waals surface area contributed by atoms with E-state index in [1.165, 1.54) is 0 Å². The summed E-state index contributed by atoms with van der Waals surface area (Å²) in [7, 11) is 0. The lowest BCUT2D eigenvalue weighted by molar-refractivity contribution is 0.0696. The zero-order valence-electron chi connectivity index (χ0n) is 12.4. The van der Waals surface area contributed by atoms with Crippen LogP contribution in [0.5, 0.6) is 0 Å². The number of rotatable bonds is 6. The van der Waals surface area contributed by atoms with Gasteiger partial charge in [0, 0.05) is 33.7 Å². The molecule has 0 radical (unpaired) electrons. The smallest absolute Gasteiger partial charge is 0.0781 e. The molecule has 2 nitrogen and oxygen atoms in total. The van der Waals surface area contributed by atoms with Crippen LogP contribution in [0.3, 0.4) is 0 Å². The van der Waals surface area contributed by atoms with Gasteiger partial charge in [-0.1, -0.05) is 41.4 Å². The fraction of sp³-hybridized carbons (Fsp3) is 0.294. The van der Waals surface area contributed by atoms with Crippen LogP contribution in [-0.2, 0) is 12.2 Å². The highest BCUT2D eigenvalue weighted by Crippen LogP contribution is 2.29. The average molecular weight is 356 g/mol. The Labute approximate surface area is 145 Å². The van der Waals surface area contributed by atoms with Gasteiger partial charge in [0.15, 0.2) is 0 Å². The van der Waals surface area contributed by atoms with Gasteiger partial charge in [0.2, 0.25) is 0 Å². The summed E-state index contributed by atoms with van der Waals surface area (Å²) in [6.07, 6.45) is 0.553. The van der Waals surface area contributed by atoms with Gasteiger partial charge in [-0.25, -0.2) is 0 Å². The van der Waals surface area contributed by atoms with Crippen LogP contribution in [0.2, 0.25) is 10.0 Å². The quantitative estimate of drug-likeness (QED) is 0.747. The molecule has 0 aliphatic heterocycles. The van der Waals surface area contributed by atoms with Crippen molar-refractivity contribution in [3.05, 3.63) is 63.6 Å². The molecule has 2 aromatic rings. The van der Waals surface area contributed by atoms with E-state index in [0.29, 0.717) is 16.5 Å². The van der Waals surface area contributed by atoms with Crippen molar-refractivity contribution in [2.45, 2.75) is 29.6 Å². The Bertz CT molecular complexity index is 629. The summed E-state index contributed by atoms with van der Waals surface area (Å²) < 4.78 is 0. The van der Waals surface area contributed by atoms with E-state index in [-0.39, 0.29) is 6.54 Å². The number of thioether (sulfide) groups is 1. The SMILES string of the molecule is CC(O)(CN)Cc1ccc(SCc2ccc(Cl)cc2Cl)cc1. The van der Waals surface area contributed by atoms with E-state index >= 15 is 0 Å². The molecule has 3 N–H and O–H groups in total. The molecule has 22 heavy (non-hydrogen) atoms. The molecule has 0 saturated carbocycles. The standard InChI is InChI=1S/C17H19Cl2NOS/c1-17(21,11-20)9-12-2-6-15(7-3-12)22-10-13-4-5-14(18)8-16(13)19/h2-8,21H,9-11,20H2,1H3. The first kappa shape index (κ1) is 17.6. The summed E-state index contributed by atoms with van der Waals surface area (Å²) in [5.41, 5.74) is 6.82. The number of hydrogen-bond acceptors (Lipinski definition) is 3. The van der Waals surface area contributed by atoms with E-state index < -0.39 is 5.60 Å². The first-order valence-electron chi connectivity index (χ1n) is 6.98. The van der Waals surface area contributed by atoms with Gasteiger partial charge in [-0.05, 0) is 42.3 Å². The summed E-state index contributed by atoms with van der Waals surface area (Å²) in [4.78, 5) is 1.15. The maximum Gasteiger partial charge on any atom is 0.0781 e. The van der Waals surface area contributed by atoms with Gasteiger partial charge >= 0.3 is 0 Å². The second kappa shape index (κ2) is 7.71. The highest BCUT2D eigenvalue weighted by Gasteiger charge is 2.18. The summed E-state index contributed by atoms with van der Waals surface area (Å²) in [6, 6.07) is 13.7. The molecule has 0 aromatic heterocycles. The zero-order valence-corrected chi connectivity index (χ0v) is 14.7.